The zero-order valence-electron chi connectivity index (χ0n) is 36.2. The molecular weight excluding hydrogens is 890 g/mol. The van der Waals surface area contributed by atoms with E-state index in [1.54, 1.807) is 44.3 Å². The number of fused-ring (bicyclic) bond motifs is 1. The first-order chi connectivity index (χ1) is 29.9. The van der Waals surface area contributed by atoms with Crippen LogP contribution in [0.4, 0.5) is 23.7 Å². The number of alkyl carbamates (subject to hydrolysis) is 1. The highest BCUT2D eigenvalue weighted by atomic mass is 32.2. The molecule has 0 fully saturated rings. The van der Waals surface area contributed by atoms with Crippen LogP contribution < -0.4 is 37.2 Å². The van der Waals surface area contributed by atoms with Crippen molar-refractivity contribution in [2.75, 3.05) is 51.3 Å². The van der Waals surface area contributed by atoms with E-state index < -0.39 is 96.5 Å². The standard InChI is InChI=1S/C39H55F3N10O10S2/c1-21(46-29(54)19-44-28(53)18-45-31(56)24(12-8-10-16-52(5)6)51-37(61)62-38(2,3)4)30(55)48-25(11-7-9-15-43-36(60)39(40,41)42)32(57)47-22-13-14-23-27(17-22)64-34(49-23)33-50-26(20-63-33)35(58)59/h13-14,17,21,24-26H,7-12,15-16,18-20H2,1-6H3,(H,43,60)(H,44,53)(H,45,56)(H,46,54)(H,47,57)(H,48,55)(H,51,61)(H,58,59). The van der Waals surface area contributed by atoms with Gasteiger partial charge in [-0.15, -0.1) is 23.1 Å². The minimum Gasteiger partial charge on any atom is -0.480 e. The second-order valence-electron chi connectivity index (χ2n) is 15.9. The number of aliphatic imine (C=N–C) groups is 1. The Morgan fingerprint density at radius 2 is 1.52 bits per heavy atom. The fourth-order valence-corrected chi connectivity index (χ4v) is 7.77. The molecule has 8 N–H and O–H groups in total. The van der Waals surface area contributed by atoms with Crippen LogP contribution in [0.2, 0.25) is 0 Å². The average Bonchev–Trinajstić information content (AvgIpc) is 3.86. The number of ether oxygens (including phenoxy) is 1. The third-order valence-electron chi connectivity index (χ3n) is 8.87. The van der Waals surface area contributed by atoms with Crippen molar-refractivity contribution < 1.29 is 61.4 Å². The van der Waals surface area contributed by atoms with Gasteiger partial charge in [0, 0.05) is 18.0 Å². The summed E-state index contributed by atoms with van der Waals surface area (Å²) in [6, 6.07) is 0.385. The molecule has 1 aliphatic heterocycles. The lowest BCUT2D eigenvalue weighted by Gasteiger charge is -2.23. The Balaban J connectivity index is 1.58. The largest absolute Gasteiger partial charge is 0.480 e. The van der Waals surface area contributed by atoms with Gasteiger partial charge in [-0.05, 0) is 105 Å². The predicted molar refractivity (Wildman–Crippen MR) is 233 cm³/mol. The number of carbonyl (C=O) groups excluding carboxylic acids is 7. The molecule has 4 unspecified atom stereocenters. The molecule has 25 heteroatoms. The number of nitrogens with zero attached hydrogens (tertiary/aromatic N) is 3. The van der Waals surface area contributed by atoms with Gasteiger partial charge in [-0.25, -0.2) is 14.6 Å². The summed E-state index contributed by atoms with van der Waals surface area (Å²) in [6.45, 7) is 5.58. The van der Waals surface area contributed by atoms with Gasteiger partial charge in [0.2, 0.25) is 29.5 Å². The number of carbonyl (C=O) groups is 8. The van der Waals surface area contributed by atoms with Crippen molar-refractivity contribution in [2.24, 2.45) is 4.99 Å². The zero-order valence-corrected chi connectivity index (χ0v) is 37.9. The van der Waals surface area contributed by atoms with Crippen molar-refractivity contribution in [1.29, 1.82) is 0 Å². The number of anilines is 1. The van der Waals surface area contributed by atoms with Gasteiger partial charge in [0.15, 0.2) is 6.04 Å². The molecule has 0 spiro atoms. The van der Waals surface area contributed by atoms with Crippen LogP contribution in [0.15, 0.2) is 23.2 Å². The van der Waals surface area contributed by atoms with Gasteiger partial charge in [0.05, 0.1) is 23.3 Å². The number of alkyl halides is 3. The summed E-state index contributed by atoms with van der Waals surface area (Å²) >= 11 is 2.48. The van der Waals surface area contributed by atoms with Gasteiger partial charge in [-0.2, -0.15) is 13.2 Å². The number of nitrogens with one attached hydrogen (secondary N) is 7. The van der Waals surface area contributed by atoms with E-state index >= 15 is 0 Å². The molecule has 2 heterocycles. The summed E-state index contributed by atoms with van der Waals surface area (Å²) in [4.78, 5) is 111. The lowest BCUT2D eigenvalue weighted by molar-refractivity contribution is -0.173. The quantitative estimate of drug-likeness (QED) is 0.0741. The molecule has 4 atom stereocenters. The minimum atomic E-state index is -5.07. The normalized spacial score (nSPS) is 15.3. The number of unbranched alkanes of at least 4 members (excludes halogenated alkanes) is 2. The van der Waals surface area contributed by atoms with Crippen LogP contribution in [-0.2, 0) is 38.3 Å². The number of carboxylic acid groups (broad SMARTS) is 1. The molecule has 1 aromatic heterocycles. The van der Waals surface area contributed by atoms with E-state index in [2.05, 4.69) is 41.9 Å². The second-order valence-corrected chi connectivity index (χ2v) is 17.9. The number of amides is 7. The summed E-state index contributed by atoms with van der Waals surface area (Å²) in [5, 5.41) is 26.9. The first kappa shape index (κ1) is 52.8. The summed E-state index contributed by atoms with van der Waals surface area (Å²) in [6.07, 6.45) is -4.26. The molecule has 0 saturated carbocycles. The Labute approximate surface area is 375 Å². The molecule has 0 bridgehead atoms. The van der Waals surface area contributed by atoms with Crippen LogP contribution in [0.5, 0.6) is 0 Å². The van der Waals surface area contributed by atoms with Crippen LogP contribution in [0.3, 0.4) is 0 Å². The summed E-state index contributed by atoms with van der Waals surface area (Å²) in [7, 11) is 3.80. The van der Waals surface area contributed by atoms with Gasteiger partial charge in [-0.3, -0.25) is 33.8 Å². The molecule has 3 rings (SSSR count). The Bertz CT molecular complexity index is 2040. The highest BCUT2D eigenvalue weighted by Gasteiger charge is 2.38. The summed E-state index contributed by atoms with van der Waals surface area (Å²) in [5.74, 6) is -6.62. The summed E-state index contributed by atoms with van der Waals surface area (Å²) in [5.41, 5.74) is 0.0442. The number of rotatable bonds is 23. The smallest absolute Gasteiger partial charge is 0.471 e. The molecule has 2 aromatic rings. The Kier molecular flexibility index (Phi) is 20.2. The number of benzene rings is 1. The van der Waals surface area contributed by atoms with Crippen molar-refractivity contribution in [3.8, 4) is 0 Å². The first-order valence-electron chi connectivity index (χ1n) is 20.2. The van der Waals surface area contributed by atoms with E-state index in [0.717, 1.165) is 13.0 Å². The van der Waals surface area contributed by atoms with Gasteiger partial charge in [0.25, 0.3) is 0 Å². The van der Waals surface area contributed by atoms with Gasteiger partial charge in [-0.1, -0.05) is 0 Å². The van der Waals surface area contributed by atoms with E-state index in [0.29, 0.717) is 32.4 Å². The fourth-order valence-electron chi connectivity index (χ4n) is 5.67. The molecule has 354 valence electrons. The Hall–Kier alpha value is -5.56. The Morgan fingerprint density at radius 1 is 0.859 bits per heavy atom. The van der Waals surface area contributed by atoms with E-state index in [1.807, 2.05) is 19.0 Å². The summed E-state index contributed by atoms with van der Waals surface area (Å²) < 4.78 is 43.7. The molecule has 0 aliphatic carbocycles. The predicted octanol–water partition coefficient (Wildman–Crippen LogP) is 1.88. The lowest BCUT2D eigenvalue weighted by atomic mass is 10.1. The van der Waals surface area contributed by atoms with Crippen LogP contribution in [0, 0.1) is 0 Å². The number of hydrogen-bond acceptors (Lipinski definition) is 14. The molecule has 1 aliphatic rings. The third-order valence-corrected chi connectivity index (χ3v) is 11.1. The molecule has 7 amide bonds. The maximum absolute atomic E-state index is 13.5. The average molecular weight is 945 g/mol. The Morgan fingerprint density at radius 3 is 2.14 bits per heavy atom. The molecule has 0 radical (unpaired) electrons. The minimum absolute atomic E-state index is 0.0197. The maximum atomic E-state index is 13.5. The maximum Gasteiger partial charge on any atom is 0.471 e. The van der Waals surface area contributed by atoms with Crippen molar-refractivity contribution in [3.05, 3.63) is 23.2 Å². The molecule has 1 aromatic carbocycles. The van der Waals surface area contributed by atoms with Crippen LogP contribution in [0.1, 0.15) is 71.2 Å². The van der Waals surface area contributed by atoms with Gasteiger partial charge in [0.1, 0.15) is 33.8 Å². The monoisotopic (exact) mass is 944 g/mol. The number of halogens is 3. The van der Waals surface area contributed by atoms with E-state index in [-0.39, 0.29) is 38.0 Å². The highest BCUT2D eigenvalue weighted by Crippen LogP contribution is 2.31. The van der Waals surface area contributed by atoms with Gasteiger partial charge < -0.3 is 52.0 Å². The van der Waals surface area contributed by atoms with E-state index in [9.17, 15) is 56.6 Å². The van der Waals surface area contributed by atoms with Crippen LogP contribution in [-0.4, -0.2) is 150 Å². The number of aromatic nitrogens is 1. The topological polar surface area (TPSA) is 279 Å². The van der Waals surface area contributed by atoms with Crippen molar-refractivity contribution >= 4 is 91.6 Å². The first-order valence-corrected chi connectivity index (χ1v) is 22.0. The SMILES string of the molecule is CC(NC(=O)CNC(=O)CNC(=O)C(CCCCN(C)C)NC(=O)OC(C)(C)C)C(=O)NC(CCCCNC(=O)C(F)(F)F)C(=O)Nc1ccc2nc(C3=NC(C(=O)O)CS3)sc2c1. The molecule has 20 nitrogen and oxygen atoms in total. The van der Waals surface area contributed by atoms with Gasteiger partial charge >= 0.3 is 24.1 Å². The van der Waals surface area contributed by atoms with Crippen molar-refractivity contribution in [1.82, 2.24) is 41.8 Å². The zero-order chi connectivity index (χ0) is 47.8. The molecular formula is C39H55F3N10O10S2. The van der Waals surface area contributed by atoms with E-state index in [1.165, 1.54) is 30.0 Å². The molecule has 0 saturated heterocycles. The van der Waals surface area contributed by atoms with Crippen LogP contribution >= 0.6 is 23.1 Å². The number of thiazole rings is 1. The lowest BCUT2D eigenvalue weighted by Crippen LogP contribution is -2.53. The number of aliphatic carboxylic acids is 1. The number of carboxylic acids is 1. The highest BCUT2D eigenvalue weighted by molar-refractivity contribution is 8.15. The van der Waals surface area contributed by atoms with Crippen molar-refractivity contribution in [2.45, 2.75) is 102 Å². The fraction of sp³-hybridized carbons (Fsp3) is 0.590. The van der Waals surface area contributed by atoms with Crippen LogP contribution in [0.25, 0.3) is 10.2 Å². The molecule has 64 heavy (non-hydrogen) atoms. The third kappa shape index (κ3) is 18.7. The van der Waals surface area contributed by atoms with E-state index in [4.69, 9.17) is 4.74 Å². The number of thioether (sulfide) groups is 1. The second kappa shape index (κ2) is 24.5. The number of hydrogen-bond donors (Lipinski definition) is 8. The van der Waals surface area contributed by atoms with Crippen molar-refractivity contribution in [3.63, 3.8) is 0 Å².